The summed E-state index contributed by atoms with van der Waals surface area (Å²) >= 11 is 12.4. The van der Waals surface area contributed by atoms with Crippen molar-refractivity contribution in [3.63, 3.8) is 0 Å². The Morgan fingerprint density at radius 2 is 1.68 bits per heavy atom. The third-order valence-corrected chi connectivity index (χ3v) is 9.94. The molecule has 1 aliphatic rings. The molecular weight excluding hydrogens is 680 g/mol. The number of rotatable bonds is 10. The van der Waals surface area contributed by atoms with E-state index in [9.17, 15) is 31.2 Å². The van der Waals surface area contributed by atoms with E-state index in [1.54, 1.807) is 42.5 Å². The van der Waals surface area contributed by atoms with E-state index in [4.69, 9.17) is 27.9 Å². The van der Waals surface area contributed by atoms with E-state index < -0.39 is 39.7 Å². The summed E-state index contributed by atoms with van der Waals surface area (Å²) in [7, 11) is -3.02. The number of esters is 1. The molecule has 1 N–H and O–H groups in total. The second-order valence-electron chi connectivity index (χ2n) is 10.5. The highest BCUT2D eigenvalue weighted by atomic mass is 35.5. The molecule has 1 amide bonds. The number of para-hydroxylation sites is 1. The molecule has 0 saturated carbocycles. The Kier molecular flexibility index (Phi) is 10.0. The highest BCUT2D eigenvalue weighted by molar-refractivity contribution is 7.93. The zero-order valence-electron chi connectivity index (χ0n) is 24.7. The van der Waals surface area contributed by atoms with Crippen LogP contribution < -0.4 is 14.4 Å². The quantitative estimate of drug-likeness (QED) is 0.145. The Bertz CT molecular complexity index is 1920. The van der Waals surface area contributed by atoms with Gasteiger partial charge in [0.25, 0.3) is 10.0 Å². The molecule has 8 nitrogen and oxygen atoms in total. The largest absolute Gasteiger partial charge is 0.490 e. The first-order chi connectivity index (χ1) is 22.3. The van der Waals surface area contributed by atoms with Crippen LogP contribution in [-0.2, 0) is 43.4 Å². The predicted molar refractivity (Wildman–Crippen MR) is 171 cm³/mol. The van der Waals surface area contributed by atoms with Gasteiger partial charge in [-0.25, -0.2) is 8.42 Å². The minimum atomic E-state index is -4.58. The number of fused-ring (bicyclic) bond motifs is 1. The summed E-state index contributed by atoms with van der Waals surface area (Å²) in [5.41, 5.74) is 1.12. The van der Waals surface area contributed by atoms with Crippen molar-refractivity contribution in [3.8, 4) is 16.9 Å². The molecular formula is C33H27Cl2F3N2O6S. The van der Waals surface area contributed by atoms with Gasteiger partial charge >= 0.3 is 12.1 Å². The predicted octanol–water partition coefficient (Wildman–Crippen LogP) is 6.71. The van der Waals surface area contributed by atoms with Crippen molar-refractivity contribution in [2.75, 3.05) is 24.6 Å². The second kappa shape index (κ2) is 13.8. The summed E-state index contributed by atoms with van der Waals surface area (Å²) < 4.78 is 79.2. The van der Waals surface area contributed by atoms with Crippen molar-refractivity contribution in [1.29, 1.82) is 0 Å². The van der Waals surface area contributed by atoms with Crippen molar-refractivity contribution in [2.45, 2.75) is 30.0 Å². The van der Waals surface area contributed by atoms with Crippen LogP contribution in [-0.4, -0.2) is 46.6 Å². The van der Waals surface area contributed by atoms with Crippen LogP contribution in [0.4, 0.5) is 18.9 Å². The first kappa shape index (κ1) is 34.1. The fourth-order valence-corrected chi connectivity index (χ4v) is 7.29. The van der Waals surface area contributed by atoms with E-state index in [2.05, 4.69) is 10.1 Å². The van der Waals surface area contributed by atoms with E-state index in [-0.39, 0.29) is 52.1 Å². The van der Waals surface area contributed by atoms with Crippen molar-refractivity contribution in [3.05, 3.63) is 112 Å². The SMILES string of the molecule is COC(=O)Cc1ccc(OCCNC(=O)[C@@H]2Cc3ccccc3N2S(=O)(=O)c2ccc(-c3cc(C(F)(F)F)ccc3Cl)cc2)c(Cl)c1. The van der Waals surface area contributed by atoms with Gasteiger partial charge in [-0.1, -0.05) is 59.6 Å². The molecule has 0 bridgehead atoms. The molecule has 1 heterocycles. The summed E-state index contributed by atoms with van der Waals surface area (Å²) in [4.78, 5) is 24.7. The van der Waals surface area contributed by atoms with Gasteiger partial charge in [0.2, 0.25) is 5.91 Å². The molecule has 0 unspecified atom stereocenters. The number of hydrogen-bond acceptors (Lipinski definition) is 6. The van der Waals surface area contributed by atoms with Crippen molar-refractivity contribution in [1.82, 2.24) is 5.32 Å². The van der Waals surface area contributed by atoms with Crippen LogP contribution in [0.2, 0.25) is 10.0 Å². The van der Waals surface area contributed by atoms with Crippen LogP contribution in [0.3, 0.4) is 0 Å². The number of amides is 1. The summed E-state index contributed by atoms with van der Waals surface area (Å²) in [6.07, 6.45) is -4.42. The molecule has 0 spiro atoms. The number of sulfonamides is 1. The number of benzene rings is 4. The molecule has 5 rings (SSSR count). The van der Waals surface area contributed by atoms with Gasteiger partial charge in [0.05, 0.1) is 41.2 Å². The molecule has 0 aliphatic carbocycles. The van der Waals surface area contributed by atoms with Crippen LogP contribution in [0.25, 0.3) is 11.1 Å². The van der Waals surface area contributed by atoms with Crippen LogP contribution in [0.1, 0.15) is 16.7 Å². The monoisotopic (exact) mass is 706 g/mol. The Morgan fingerprint density at radius 3 is 2.36 bits per heavy atom. The highest BCUT2D eigenvalue weighted by Gasteiger charge is 2.42. The van der Waals surface area contributed by atoms with Gasteiger partial charge < -0.3 is 14.8 Å². The molecule has 0 saturated heterocycles. The Labute approximate surface area is 279 Å². The Morgan fingerprint density at radius 1 is 0.957 bits per heavy atom. The number of carbonyl (C=O) groups excluding carboxylic acids is 2. The number of carbonyl (C=O) groups is 2. The van der Waals surface area contributed by atoms with E-state index in [1.807, 2.05) is 0 Å². The molecule has 0 radical (unpaired) electrons. The Balaban J connectivity index is 1.30. The molecule has 0 aromatic heterocycles. The average Bonchev–Trinajstić information content (AvgIpc) is 3.44. The number of nitrogens with one attached hydrogen (secondary N) is 1. The highest BCUT2D eigenvalue weighted by Crippen LogP contribution is 2.39. The van der Waals surface area contributed by atoms with Crippen molar-refractivity contribution < 1.29 is 40.7 Å². The minimum Gasteiger partial charge on any atom is -0.490 e. The zero-order chi connectivity index (χ0) is 33.9. The first-order valence-electron chi connectivity index (χ1n) is 14.1. The van der Waals surface area contributed by atoms with Gasteiger partial charge in [-0.15, -0.1) is 0 Å². The van der Waals surface area contributed by atoms with Crippen LogP contribution in [0.15, 0.2) is 89.8 Å². The fraction of sp³-hybridized carbons (Fsp3) is 0.212. The number of ether oxygens (including phenoxy) is 2. The number of nitrogens with zero attached hydrogens (tertiary/aromatic N) is 1. The minimum absolute atomic E-state index is 0.0216. The number of methoxy groups -OCH3 is 1. The topological polar surface area (TPSA) is 102 Å². The fourth-order valence-electron chi connectivity index (χ4n) is 5.16. The summed E-state index contributed by atoms with van der Waals surface area (Å²) in [5, 5.41) is 3.06. The lowest BCUT2D eigenvalue weighted by Crippen LogP contribution is -2.48. The van der Waals surface area contributed by atoms with Gasteiger partial charge in [0, 0.05) is 17.0 Å². The molecule has 4 aromatic carbocycles. The smallest absolute Gasteiger partial charge is 0.416 e. The van der Waals surface area contributed by atoms with Crippen molar-refractivity contribution >= 4 is 50.8 Å². The average molecular weight is 708 g/mol. The summed E-state index contributed by atoms with van der Waals surface area (Å²) in [6.45, 7) is 0.0556. The Hall–Kier alpha value is -4.26. The number of alkyl halides is 3. The maximum absolute atomic E-state index is 14.0. The maximum Gasteiger partial charge on any atom is 0.416 e. The van der Waals surface area contributed by atoms with Gasteiger partial charge in [0.15, 0.2) is 0 Å². The lowest BCUT2D eigenvalue weighted by molar-refractivity contribution is -0.140. The van der Waals surface area contributed by atoms with Crippen LogP contribution >= 0.6 is 23.2 Å². The normalized spacial score (nSPS) is 14.4. The van der Waals surface area contributed by atoms with Gasteiger partial charge in [-0.2, -0.15) is 13.2 Å². The third kappa shape index (κ3) is 7.50. The number of halogens is 5. The molecule has 47 heavy (non-hydrogen) atoms. The third-order valence-electron chi connectivity index (χ3n) is 7.48. The van der Waals surface area contributed by atoms with E-state index in [0.29, 0.717) is 22.6 Å². The maximum atomic E-state index is 14.0. The molecule has 1 aliphatic heterocycles. The molecule has 14 heteroatoms. The standard InChI is InChI=1S/C33H27Cl2F3N2O6S/c1-45-31(41)17-20-6-13-30(27(35)16-20)46-15-14-39-32(42)29-18-22-4-2-3-5-28(22)40(29)47(43,44)24-10-7-21(8-11-24)25-19-23(33(36,37)38)9-12-26(25)34/h2-13,16,19,29H,14-15,17-18H2,1H3,(H,39,42)/t29-/m0/s1. The van der Waals surface area contributed by atoms with E-state index in [1.165, 1.54) is 31.4 Å². The summed E-state index contributed by atoms with van der Waals surface area (Å²) in [5.74, 6) is -0.637. The van der Waals surface area contributed by atoms with E-state index in [0.717, 1.165) is 22.5 Å². The van der Waals surface area contributed by atoms with Crippen LogP contribution in [0.5, 0.6) is 5.75 Å². The lowest BCUT2D eigenvalue weighted by atomic mass is 10.0. The second-order valence-corrected chi connectivity index (χ2v) is 13.2. The number of hydrogen-bond donors (Lipinski definition) is 1. The van der Waals surface area contributed by atoms with Crippen molar-refractivity contribution in [2.24, 2.45) is 0 Å². The van der Waals surface area contributed by atoms with E-state index >= 15 is 0 Å². The van der Waals surface area contributed by atoms with Crippen LogP contribution in [0, 0.1) is 0 Å². The van der Waals surface area contributed by atoms with Gasteiger partial charge in [-0.3, -0.25) is 13.9 Å². The molecule has 0 fully saturated rings. The van der Waals surface area contributed by atoms with Gasteiger partial charge in [0.1, 0.15) is 18.4 Å². The number of anilines is 1. The molecule has 4 aromatic rings. The van der Waals surface area contributed by atoms with Gasteiger partial charge in [-0.05, 0) is 65.2 Å². The molecule has 246 valence electrons. The summed E-state index contributed by atoms with van der Waals surface area (Å²) in [6, 6.07) is 18.6. The molecule has 1 atom stereocenters. The zero-order valence-corrected chi connectivity index (χ0v) is 27.0. The lowest BCUT2D eigenvalue weighted by Gasteiger charge is -2.26. The first-order valence-corrected chi connectivity index (χ1v) is 16.3.